The van der Waals surface area contributed by atoms with Gasteiger partial charge in [-0.15, -0.1) is 0 Å². The molecule has 0 radical (unpaired) electrons. The van der Waals surface area contributed by atoms with Gasteiger partial charge in [0.05, 0.1) is 36.8 Å². The molecule has 1 fully saturated rings. The second-order valence-corrected chi connectivity index (χ2v) is 13.2. The molecule has 1 heterocycles. The molecule has 0 saturated heterocycles. The largest absolute Gasteiger partial charge is 0.497 e. The maximum atomic E-state index is 13.7. The third-order valence-corrected chi connectivity index (χ3v) is 9.95. The minimum Gasteiger partial charge on any atom is -0.497 e. The van der Waals surface area contributed by atoms with Crippen molar-refractivity contribution in [3.05, 3.63) is 48.0 Å². The van der Waals surface area contributed by atoms with E-state index in [1.54, 1.807) is 42.2 Å². The summed E-state index contributed by atoms with van der Waals surface area (Å²) in [6.45, 7) is 3.71. The van der Waals surface area contributed by atoms with Crippen LogP contribution in [0.2, 0.25) is 0 Å². The van der Waals surface area contributed by atoms with Gasteiger partial charge in [-0.25, -0.2) is 8.42 Å². The summed E-state index contributed by atoms with van der Waals surface area (Å²) in [6.07, 6.45) is 4.32. The molecule has 1 aliphatic carbocycles. The van der Waals surface area contributed by atoms with E-state index in [-0.39, 0.29) is 53.8 Å². The molecule has 224 valence electrons. The highest BCUT2D eigenvalue weighted by molar-refractivity contribution is 7.89. The van der Waals surface area contributed by atoms with Crippen molar-refractivity contribution in [1.82, 2.24) is 9.21 Å². The number of fused-ring (bicyclic) bond motifs is 1. The van der Waals surface area contributed by atoms with Crippen LogP contribution in [-0.4, -0.2) is 80.5 Å². The minimum atomic E-state index is -3.83. The number of hydrogen-bond donors (Lipinski definition) is 2. The summed E-state index contributed by atoms with van der Waals surface area (Å²) in [5.41, 5.74) is 0.751. The van der Waals surface area contributed by atoms with Crippen LogP contribution in [0, 0.1) is 11.8 Å². The first kappa shape index (κ1) is 30.8. The van der Waals surface area contributed by atoms with Crippen LogP contribution < -0.4 is 14.8 Å². The Morgan fingerprint density at radius 1 is 1.17 bits per heavy atom. The number of anilines is 1. The zero-order valence-corrected chi connectivity index (χ0v) is 25.0. The SMILES string of the molecule is COc1ccc(S(=O)(=O)N(C)C[C@@H]2Oc3ccc(NC(=O)C4CCCCC4)cc3C(=O)N([C@H](C)CO)C[C@H]2C)cc1. The van der Waals surface area contributed by atoms with E-state index in [9.17, 15) is 23.1 Å². The van der Waals surface area contributed by atoms with Gasteiger partial charge in [0.2, 0.25) is 15.9 Å². The average molecular weight is 588 g/mol. The summed E-state index contributed by atoms with van der Waals surface area (Å²) in [7, 11) is -0.819. The maximum Gasteiger partial charge on any atom is 0.258 e. The molecule has 4 rings (SSSR count). The smallest absolute Gasteiger partial charge is 0.258 e. The lowest BCUT2D eigenvalue weighted by molar-refractivity contribution is -0.120. The van der Waals surface area contributed by atoms with Crippen molar-refractivity contribution >= 4 is 27.5 Å². The molecule has 2 aliphatic rings. The van der Waals surface area contributed by atoms with Crippen LogP contribution in [0.3, 0.4) is 0 Å². The van der Waals surface area contributed by atoms with Gasteiger partial charge in [0.25, 0.3) is 5.91 Å². The van der Waals surface area contributed by atoms with E-state index in [2.05, 4.69) is 5.32 Å². The van der Waals surface area contributed by atoms with E-state index in [4.69, 9.17) is 9.47 Å². The van der Waals surface area contributed by atoms with Crippen molar-refractivity contribution in [2.24, 2.45) is 11.8 Å². The Bertz CT molecular complexity index is 1330. The van der Waals surface area contributed by atoms with Crippen molar-refractivity contribution < 1.29 is 32.6 Å². The number of benzene rings is 2. The summed E-state index contributed by atoms with van der Waals surface area (Å²) in [5, 5.41) is 12.9. The number of ether oxygens (including phenoxy) is 2. The quantitative estimate of drug-likeness (QED) is 0.458. The van der Waals surface area contributed by atoms with Crippen molar-refractivity contribution in [3.63, 3.8) is 0 Å². The number of likely N-dealkylation sites (N-methyl/N-ethyl adjacent to an activating group) is 1. The van der Waals surface area contributed by atoms with Crippen molar-refractivity contribution in [3.8, 4) is 11.5 Å². The van der Waals surface area contributed by atoms with Gasteiger partial charge in [0, 0.05) is 31.1 Å². The molecule has 2 aromatic rings. The zero-order chi connectivity index (χ0) is 29.7. The number of aliphatic hydroxyl groups is 1. The first-order chi connectivity index (χ1) is 19.5. The maximum absolute atomic E-state index is 13.7. The molecule has 10 nitrogen and oxygen atoms in total. The highest BCUT2D eigenvalue weighted by Crippen LogP contribution is 2.32. The molecule has 3 atom stereocenters. The number of hydrogen-bond acceptors (Lipinski definition) is 7. The van der Waals surface area contributed by atoms with E-state index >= 15 is 0 Å². The fourth-order valence-electron chi connectivity index (χ4n) is 5.41. The lowest BCUT2D eigenvalue weighted by Crippen LogP contribution is -2.50. The lowest BCUT2D eigenvalue weighted by Gasteiger charge is -2.38. The molecule has 0 bridgehead atoms. The number of rotatable bonds is 9. The zero-order valence-electron chi connectivity index (χ0n) is 24.2. The molecule has 0 aromatic heterocycles. The molecular weight excluding hydrogens is 546 g/mol. The van der Waals surface area contributed by atoms with Crippen LogP contribution in [0.5, 0.6) is 11.5 Å². The monoisotopic (exact) mass is 587 g/mol. The molecule has 1 aliphatic heterocycles. The van der Waals surface area contributed by atoms with Gasteiger partial charge < -0.3 is 24.8 Å². The normalized spacial score (nSPS) is 20.9. The van der Waals surface area contributed by atoms with Gasteiger partial charge in [0.1, 0.15) is 17.6 Å². The molecule has 1 saturated carbocycles. The Morgan fingerprint density at radius 2 is 1.85 bits per heavy atom. The molecule has 2 N–H and O–H groups in total. The Morgan fingerprint density at radius 3 is 2.49 bits per heavy atom. The Hall–Kier alpha value is -3.15. The van der Waals surface area contributed by atoms with Crippen LogP contribution in [0.25, 0.3) is 0 Å². The van der Waals surface area contributed by atoms with Gasteiger partial charge in [-0.1, -0.05) is 26.2 Å². The number of carbonyl (C=O) groups excluding carboxylic acids is 2. The predicted molar refractivity (Wildman–Crippen MR) is 156 cm³/mol. The van der Waals surface area contributed by atoms with Gasteiger partial charge >= 0.3 is 0 Å². The Balaban J connectivity index is 1.61. The number of methoxy groups -OCH3 is 1. The van der Waals surface area contributed by atoms with E-state index in [0.29, 0.717) is 17.2 Å². The topological polar surface area (TPSA) is 125 Å². The Labute approximate surface area is 242 Å². The van der Waals surface area contributed by atoms with Crippen molar-refractivity contribution in [1.29, 1.82) is 0 Å². The van der Waals surface area contributed by atoms with Gasteiger partial charge in [0.15, 0.2) is 0 Å². The number of carbonyl (C=O) groups is 2. The van der Waals surface area contributed by atoms with Gasteiger partial charge in [-0.05, 0) is 62.2 Å². The van der Waals surface area contributed by atoms with E-state index in [0.717, 1.165) is 32.1 Å². The molecule has 2 amide bonds. The highest BCUT2D eigenvalue weighted by atomic mass is 32.2. The molecule has 41 heavy (non-hydrogen) atoms. The van der Waals surface area contributed by atoms with Crippen molar-refractivity contribution in [2.45, 2.75) is 63.0 Å². The number of nitrogens with zero attached hydrogens (tertiary/aromatic N) is 2. The van der Waals surface area contributed by atoms with Crippen LogP contribution >= 0.6 is 0 Å². The van der Waals surface area contributed by atoms with Crippen molar-refractivity contribution in [2.75, 3.05) is 39.2 Å². The van der Waals surface area contributed by atoms with Crippen LogP contribution in [-0.2, 0) is 14.8 Å². The number of amides is 2. The number of nitrogens with one attached hydrogen (secondary N) is 1. The fraction of sp³-hybridized carbons (Fsp3) is 0.533. The third kappa shape index (κ3) is 7.02. The second-order valence-electron chi connectivity index (χ2n) is 11.1. The first-order valence-electron chi connectivity index (χ1n) is 14.2. The molecule has 11 heteroatoms. The van der Waals surface area contributed by atoms with E-state index < -0.39 is 22.2 Å². The van der Waals surface area contributed by atoms with E-state index in [1.807, 2.05) is 6.92 Å². The van der Waals surface area contributed by atoms with Crippen LogP contribution in [0.4, 0.5) is 5.69 Å². The predicted octanol–water partition coefficient (Wildman–Crippen LogP) is 3.75. The summed E-state index contributed by atoms with van der Waals surface area (Å²) < 4.78 is 39.4. The minimum absolute atomic E-state index is 0.0324. The number of sulfonamides is 1. The Kier molecular flexibility index (Phi) is 9.93. The molecule has 2 aromatic carbocycles. The number of aliphatic hydroxyl groups excluding tert-OH is 1. The average Bonchev–Trinajstić information content (AvgIpc) is 2.99. The standard InChI is InChI=1S/C30H41N3O7S/c1-20-17-33(21(2)19-34)30(36)26-16-23(31-29(35)22-8-6-5-7-9-22)10-15-27(26)40-28(20)18-32(3)41(37,38)25-13-11-24(39-4)12-14-25/h10-16,20-22,28,34H,5-9,17-19H2,1-4H3,(H,31,35)/t20-,21-,28+/m1/s1. The lowest BCUT2D eigenvalue weighted by atomic mass is 9.88. The fourth-order valence-corrected chi connectivity index (χ4v) is 6.59. The molecule has 0 spiro atoms. The van der Waals surface area contributed by atoms with Gasteiger partial charge in [-0.3, -0.25) is 9.59 Å². The summed E-state index contributed by atoms with van der Waals surface area (Å²) >= 11 is 0. The van der Waals surface area contributed by atoms with Crippen LogP contribution in [0.15, 0.2) is 47.4 Å². The highest BCUT2D eigenvalue weighted by Gasteiger charge is 2.35. The van der Waals surface area contributed by atoms with Gasteiger partial charge in [-0.2, -0.15) is 4.31 Å². The van der Waals surface area contributed by atoms with Crippen LogP contribution in [0.1, 0.15) is 56.3 Å². The first-order valence-corrected chi connectivity index (χ1v) is 15.6. The summed E-state index contributed by atoms with van der Waals surface area (Å²) in [6, 6.07) is 10.7. The summed E-state index contributed by atoms with van der Waals surface area (Å²) in [4.78, 5) is 28.3. The molecule has 0 unspecified atom stereocenters. The van der Waals surface area contributed by atoms with E-state index in [1.165, 1.54) is 30.6 Å². The summed E-state index contributed by atoms with van der Waals surface area (Å²) in [5.74, 6) is 0.170. The third-order valence-electron chi connectivity index (χ3n) is 8.11. The molecular formula is C30H41N3O7S. The second kappa shape index (κ2) is 13.2.